The van der Waals surface area contributed by atoms with Crippen LogP contribution in [0.4, 0.5) is 5.69 Å². The standard InChI is InChI=1S/C27H26ClNO5/c1-14(2)19-12-17(8-11-21(19)33-5)25(30)23-24(22-10-7-16(4)34-22)29(27(32)26(23)31)18-9-6-15(3)20(28)13-18/h6-14,24,30H,1-5H3/b25-23-. The van der Waals surface area contributed by atoms with E-state index >= 15 is 0 Å². The molecule has 34 heavy (non-hydrogen) atoms. The van der Waals surface area contributed by atoms with Gasteiger partial charge in [-0.3, -0.25) is 14.5 Å². The molecule has 4 rings (SSSR count). The number of hydrogen-bond acceptors (Lipinski definition) is 5. The largest absolute Gasteiger partial charge is 0.507 e. The number of aliphatic hydroxyl groups excluding tert-OH is 1. The lowest BCUT2D eigenvalue weighted by Gasteiger charge is -2.24. The first-order chi connectivity index (χ1) is 16.1. The SMILES string of the molecule is COc1ccc(/C(O)=C2/C(=O)C(=O)N(c3ccc(C)c(Cl)c3)C2c2ccc(C)o2)cc1C(C)C. The molecule has 1 saturated heterocycles. The highest BCUT2D eigenvalue weighted by Gasteiger charge is 2.48. The Morgan fingerprint density at radius 1 is 1.09 bits per heavy atom. The summed E-state index contributed by atoms with van der Waals surface area (Å²) in [5.41, 5.74) is 2.52. The van der Waals surface area contributed by atoms with Gasteiger partial charge in [-0.05, 0) is 73.4 Å². The molecule has 0 saturated carbocycles. The van der Waals surface area contributed by atoms with E-state index in [0.717, 1.165) is 11.1 Å². The Morgan fingerprint density at radius 3 is 2.41 bits per heavy atom. The average molecular weight is 480 g/mol. The van der Waals surface area contributed by atoms with Crippen LogP contribution in [-0.2, 0) is 9.59 Å². The normalized spacial score (nSPS) is 17.6. The van der Waals surface area contributed by atoms with Gasteiger partial charge < -0.3 is 14.3 Å². The van der Waals surface area contributed by atoms with Gasteiger partial charge in [0.1, 0.15) is 29.1 Å². The van der Waals surface area contributed by atoms with Crippen molar-refractivity contribution in [2.24, 2.45) is 0 Å². The zero-order valence-corrected chi connectivity index (χ0v) is 20.4. The Labute approximate surface area is 203 Å². The van der Waals surface area contributed by atoms with Crippen LogP contribution in [0, 0.1) is 13.8 Å². The van der Waals surface area contributed by atoms with Gasteiger partial charge in [0.05, 0.1) is 12.7 Å². The molecule has 1 fully saturated rings. The molecule has 1 aromatic heterocycles. The van der Waals surface area contributed by atoms with Crippen LogP contribution in [-0.4, -0.2) is 23.9 Å². The number of aryl methyl sites for hydroxylation is 2. The first-order valence-electron chi connectivity index (χ1n) is 11.0. The number of ether oxygens (including phenoxy) is 1. The number of carbonyl (C=O) groups is 2. The van der Waals surface area contributed by atoms with Crippen LogP contribution in [0.1, 0.15) is 54.0 Å². The molecule has 0 aliphatic carbocycles. The minimum absolute atomic E-state index is 0.0454. The number of carbonyl (C=O) groups excluding carboxylic acids is 2. The zero-order valence-electron chi connectivity index (χ0n) is 19.7. The minimum atomic E-state index is -0.947. The van der Waals surface area contributed by atoms with Crippen molar-refractivity contribution < 1.29 is 23.8 Å². The van der Waals surface area contributed by atoms with E-state index in [1.165, 1.54) is 4.90 Å². The summed E-state index contributed by atoms with van der Waals surface area (Å²) in [4.78, 5) is 27.8. The second-order valence-electron chi connectivity index (χ2n) is 8.66. The van der Waals surface area contributed by atoms with E-state index in [-0.39, 0.29) is 17.3 Å². The third-order valence-electron chi connectivity index (χ3n) is 6.03. The number of nitrogens with zero attached hydrogens (tertiary/aromatic N) is 1. The number of amides is 1. The summed E-state index contributed by atoms with van der Waals surface area (Å²) in [6.07, 6.45) is 0. The third-order valence-corrected chi connectivity index (χ3v) is 6.44. The van der Waals surface area contributed by atoms with Gasteiger partial charge >= 0.3 is 0 Å². The van der Waals surface area contributed by atoms with Crippen molar-refractivity contribution in [3.05, 3.63) is 87.3 Å². The monoisotopic (exact) mass is 479 g/mol. The molecule has 6 nitrogen and oxygen atoms in total. The summed E-state index contributed by atoms with van der Waals surface area (Å²) >= 11 is 6.33. The third kappa shape index (κ3) is 3.99. The van der Waals surface area contributed by atoms with Gasteiger partial charge in [-0.25, -0.2) is 0 Å². The number of ketones is 1. The highest BCUT2D eigenvalue weighted by Crippen LogP contribution is 2.44. The summed E-state index contributed by atoms with van der Waals surface area (Å²) in [7, 11) is 1.58. The lowest BCUT2D eigenvalue weighted by Crippen LogP contribution is -2.29. The van der Waals surface area contributed by atoms with Gasteiger partial charge in [0.2, 0.25) is 0 Å². The highest BCUT2D eigenvalue weighted by atomic mass is 35.5. The molecule has 7 heteroatoms. The van der Waals surface area contributed by atoms with Gasteiger partial charge in [0.25, 0.3) is 11.7 Å². The van der Waals surface area contributed by atoms with Gasteiger partial charge in [-0.2, -0.15) is 0 Å². The van der Waals surface area contributed by atoms with Crippen LogP contribution in [0.2, 0.25) is 5.02 Å². The Hall–Kier alpha value is -3.51. The first kappa shape index (κ1) is 23.6. The second-order valence-corrected chi connectivity index (χ2v) is 9.07. The maximum atomic E-state index is 13.3. The van der Waals surface area contributed by atoms with Crippen LogP contribution < -0.4 is 9.64 Å². The number of anilines is 1. The maximum Gasteiger partial charge on any atom is 0.300 e. The number of hydrogen-bond donors (Lipinski definition) is 1. The van der Waals surface area contributed by atoms with E-state index in [0.29, 0.717) is 33.5 Å². The average Bonchev–Trinajstić information content (AvgIpc) is 3.35. The summed E-state index contributed by atoms with van der Waals surface area (Å²) in [5, 5.41) is 11.8. The van der Waals surface area contributed by atoms with E-state index in [9.17, 15) is 14.7 Å². The van der Waals surface area contributed by atoms with Crippen LogP contribution in [0.15, 0.2) is 58.5 Å². The molecule has 1 amide bonds. The number of methoxy groups -OCH3 is 1. The van der Waals surface area contributed by atoms with E-state index in [2.05, 4.69) is 0 Å². The topological polar surface area (TPSA) is 80.0 Å². The molecule has 176 valence electrons. The van der Waals surface area contributed by atoms with Crippen LogP contribution in [0.3, 0.4) is 0 Å². The Kier molecular flexibility index (Phi) is 6.28. The molecule has 1 aliphatic heterocycles. The van der Waals surface area contributed by atoms with E-state index in [1.807, 2.05) is 20.8 Å². The predicted molar refractivity (Wildman–Crippen MR) is 131 cm³/mol. The molecular formula is C27H26ClNO5. The Balaban J connectivity index is 1.94. The Bertz CT molecular complexity index is 1320. The number of furan rings is 1. The molecule has 2 heterocycles. The molecule has 0 spiro atoms. The summed E-state index contributed by atoms with van der Waals surface area (Å²) < 4.78 is 11.3. The van der Waals surface area contributed by atoms with Gasteiger partial charge in [0.15, 0.2) is 0 Å². The van der Waals surface area contributed by atoms with Crippen molar-refractivity contribution >= 4 is 34.7 Å². The quantitative estimate of drug-likeness (QED) is 0.263. The van der Waals surface area contributed by atoms with E-state index in [1.54, 1.807) is 62.6 Å². The summed E-state index contributed by atoms with van der Waals surface area (Å²) in [6.45, 7) is 7.64. The van der Waals surface area contributed by atoms with Gasteiger partial charge in [-0.15, -0.1) is 0 Å². The van der Waals surface area contributed by atoms with Crippen LogP contribution >= 0.6 is 11.6 Å². The number of Topliss-reactive ketones (excluding diaryl/α,β-unsaturated/α-hetero) is 1. The van der Waals surface area contributed by atoms with Crippen molar-refractivity contribution in [3.63, 3.8) is 0 Å². The summed E-state index contributed by atoms with van der Waals surface area (Å²) in [5.74, 6) is -0.0552. The number of aliphatic hydroxyl groups is 1. The van der Waals surface area contributed by atoms with E-state index < -0.39 is 17.7 Å². The lowest BCUT2D eigenvalue weighted by atomic mass is 9.95. The van der Waals surface area contributed by atoms with Crippen LogP contribution in [0.5, 0.6) is 5.75 Å². The Morgan fingerprint density at radius 2 is 1.82 bits per heavy atom. The number of halogens is 1. The fourth-order valence-corrected chi connectivity index (χ4v) is 4.36. The van der Waals surface area contributed by atoms with Crippen molar-refractivity contribution in [3.8, 4) is 5.75 Å². The van der Waals surface area contributed by atoms with Crippen molar-refractivity contribution in [2.75, 3.05) is 12.0 Å². The van der Waals surface area contributed by atoms with Crippen molar-refractivity contribution in [1.82, 2.24) is 0 Å². The molecule has 1 atom stereocenters. The van der Waals surface area contributed by atoms with Gasteiger partial charge in [0, 0.05) is 16.3 Å². The first-order valence-corrected chi connectivity index (χ1v) is 11.3. The minimum Gasteiger partial charge on any atom is -0.507 e. The smallest absolute Gasteiger partial charge is 0.300 e. The molecule has 1 unspecified atom stereocenters. The van der Waals surface area contributed by atoms with Crippen molar-refractivity contribution in [2.45, 2.75) is 39.7 Å². The lowest BCUT2D eigenvalue weighted by molar-refractivity contribution is -0.132. The molecule has 3 aromatic rings. The second kappa shape index (κ2) is 9.03. The van der Waals surface area contributed by atoms with E-state index in [4.69, 9.17) is 20.8 Å². The molecular weight excluding hydrogens is 454 g/mol. The summed E-state index contributed by atoms with van der Waals surface area (Å²) in [6, 6.07) is 12.8. The van der Waals surface area contributed by atoms with Gasteiger partial charge in [-0.1, -0.05) is 31.5 Å². The highest BCUT2D eigenvalue weighted by molar-refractivity contribution is 6.51. The molecule has 1 N–H and O–H groups in total. The number of rotatable bonds is 5. The molecule has 0 radical (unpaired) electrons. The fourth-order valence-electron chi connectivity index (χ4n) is 4.19. The maximum absolute atomic E-state index is 13.3. The molecule has 1 aliphatic rings. The zero-order chi connectivity index (χ0) is 24.7. The van der Waals surface area contributed by atoms with Crippen molar-refractivity contribution in [1.29, 1.82) is 0 Å². The fraction of sp³-hybridized carbons (Fsp3) is 0.259. The molecule has 2 aromatic carbocycles. The predicted octanol–water partition coefficient (Wildman–Crippen LogP) is 6.31. The number of benzene rings is 2. The molecule has 0 bridgehead atoms. The van der Waals surface area contributed by atoms with Crippen LogP contribution in [0.25, 0.3) is 5.76 Å².